The third kappa shape index (κ3) is 16.5. The molecule has 0 spiro atoms. The maximum atomic E-state index is 7.57. The standard InChI is InChI=1S/C13H11.2C9H7.C5H5.2C2H6O.Hf/c1-3-7-12(8-4-1)11-13-9-5-2-6-10-13;2*1-2-5-9-7-3-6-8(9)4-1;1-2-4-5-3-1;2*1-2-3;/h1-11H;2*1-7H;1-3H,4H2;2*3H,2H2,1H3;/q4*-1;;;+4. The number of hydrogen-bond donors (Lipinski definition) is 2. The molecule has 2 N–H and O–H groups in total. The summed E-state index contributed by atoms with van der Waals surface area (Å²) in [6, 6.07) is 50.0. The van der Waals surface area contributed by atoms with Gasteiger partial charge in [-0.05, 0) is 13.8 Å². The largest absolute Gasteiger partial charge is 4.00 e. The Balaban J connectivity index is 0.000000277. The molecule has 6 aromatic rings. The molecule has 0 amide bonds. The molecule has 0 saturated carbocycles. The third-order valence-corrected chi connectivity index (χ3v) is 5.61. The topological polar surface area (TPSA) is 40.5 Å². The molecule has 0 radical (unpaired) electrons. The van der Waals surface area contributed by atoms with Crippen LogP contribution in [0.2, 0.25) is 0 Å². The summed E-state index contributed by atoms with van der Waals surface area (Å²) >= 11 is 0. The number of allylic oxidation sites excluding steroid dienone is 4. The summed E-state index contributed by atoms with van der Waals surface area (Å²) in [4.78, 5) is 0. The van der Waals surface area contributed by atoms with Gasteiger partial charge in [-0.3, -0.25) is 6.08 Å². The smallest absolute Gasteiger partial charge is 0.397 e. The molecule has 0 bridgehead atoms. The van der Waals surface area contributed by atoms with Crippen LogP contribution in [0, 0.1) is 12.5 Å². The minimum atomic E-state index is 0. The van der Waals surface area contributed by atoms with Gasteiger partial charge >= 0.3 is 25.8 Å². The Morgan fingerprint density at radius 1 is 0.605 bits per heavy atom. The Kier molecular flexibility index (Phi) is 21.5. The van der Waals surface area contributed by atoms with Crippen LogP contribution in [0.15, 0.2) is 164 Å². The van der Waals surface area contributed by atoms with Crippen LogP contribution in [0.3, 0.4) is 0 Å². The molecule has 0 atom stereocenters. The van der Waals surface area contributed by atoms with Crippen molar-refractivity contribution < 1.29 is 36.1 Å². The first-order valence-corrected chi connectivity index (χ1v) is 14.3. The Labute approximate surface area is 277 Å². The third-order valence-electron chi connectivity index (χ3n) is 5.61. The van der Waals surface area contributed by atoms with Crippen LogP contribution < -0.4 is 0 Å². The second kappa shape index (κ2) is 24.8. The molecule has 0 fully saturated rings. The number of aliphatic hydroxyl groups excluding tert-OH is 2. The molecule has 1 aliphatic carbocycles. The fourth-order valence-corrected chi connectivity index (χ4v) is 3.77. The van der Waals surface area contributed by atoms with E-state index in [1.165, 1.54) is 32.7 Å². The van der Waals surface area contributed by atoms with E-state index in [1.54, 1.807) is 13.8 Å². The van der Waals surface area contributed by atoms with Gasteiger partial charge in [0, 0.05) is 13.2 Å². The van der Waals surface area contributed by atoms with Crippen LogP contribution in [0.1, 0.15) is 31.4 Å². The van der Waals surface area contributed by atoms with E-state index in [0.717, 1.165) is 6.42 Å². The SMILES string of the molecule is CCO.CCO.[C-]1=CC=CC1.[Hf+4].c1ccc([CH-]c2ccccc2)cc1.c1ccc2[cH-]ccc2c1.c1ccc2[cH-]ccc2c1. The van der Waals surface area contributed by atoms with Gasteiger partial charge in [0.05, 0.1) is 0 Å². The molecule has 0 aromatic heterocycles. The molecule has 0 saturated heterocycles. The Hall–Kier alpha value is -3.76. The second-order valence-corrected chi connectivity index (χ2v) is 8.91. The van der Waals surface area contributed by atoms with Crippen LogP contribution in [-0.2, 0) is 25.8 Å². The summed E-state index contributed by atoms with van der Waals surface area (Å²) in [7, 11) is 0. The molecule has 2 nitrogen and oxygen atoms in total. The zero-order chi connectivity index (χ0) is 30.1. The minimum absolute atomic E-state index is 0. The van der Waals surface area contributed by atoms with Gasteiger partial charge in [-0.2, -0.15) is 41.1 Å². The van der Waals surface area contributed by atoms with E-state index >= 15 is 0 Å². The molecular formula is C40H42HfO2. The van der Waals surface area contributed by atoms with Crippen molar-refractivity contribution in [3.05, 3.63) is 187 Å². The Morgan fingerprint density at radius 3 is 1.33 bits per heavy atom. The molecule has 218 valence electrons. The molecular weight excluding hydrogens is 691 g/mol. The van der Waals surface area contributed by atoms with Gasteiger partial charge in [0.2, 0.25) is 0 Å². The van der Waals surface area contributed by atoms with Gasteiger partial charge < -0.3 is 10.2 Å². The number of hydrogen-bond acceptors (Lipinski definition) is 2. The minimum Gasteiger partial charge on any atom is -0.397 e. The number of rotatable bonds is 2. The average Bonchev–Trinajstić information content (AvgIpc) is 3.84. The molecule has 3 heteroatoms. The average molecular weight is 733 g/mol. The maximum absolute atomic E-state index is 7.57. The van der Waals surface area contributed by atoms with Crippen LogP contribution >= 0.6 is 0 Å². The van der Waals surface area contributed by atoms with Crippen LogP contribution in [0.4, 0.5) is 0 Å². The van der Waals surface area contributed by atoms with Crippen LogP contribution in [0.5, 0.6) is 0 Å². The Morgan fingerprint density at radius 2 is 1.00 bits per heavy atom. The van der Waals surface area contributed by atoms with Crippen molar-refractivity contribution in [1.29, 1.82) is 0 Å². The number of benzene rings is 4. The second-order valence-electron chi connectivity index (χ2n) is 8.91. The van der Waals surface area contributed by atoms with Gasteiger partial charge in [0.15, 0.2) is 0 Å². The predicted molar refractivity (Wildman–Crippen MR) is 182 cm³/mol. The molecule has 6 aromatic carbocycles. The van der Waals surface area contributed by atoms with Crippen LogP contribution in [0.25, 0.3) is 21.5 Å². The Bertz CT molecular complexity index is 1340. The summed E-state index contributed by atoms with van der Waals surface area (Å²) in [6.07, 6.45) is 12.2. The number of fused-ring (bicyclic) bond motifs is 2. The van der Waals surface area contributed by atoms with Crippen molar-refractivity contribution in [1.82, 2.24) is 0 Å². The van der Waals surface area contributed by atoms with Crippen molar-refractivity contribution in [3.8, 4) is 0 Å². The normalized spacial score (nSPS) is 10.0. The van der Waals surface area contributed by atoms with E-state index in [4.69, 9.17) is 10.2 Å². The molecule has 0 heterocycles. The zero-order valence-electron chi connectivity index (χ0n) is 25.2. The summed E-state index contributed by atoms with van der Waals surface area (Å²) in [6.45, 7) is 3.86. The number of aliphatic hydroxyl groups is 2. The molecule has 7 rings (SSSR count). The maximum Gasteiger partial charge on any atom is 4.00 e. The van der Waals surface area contributed by atoms with Crippen molar-refractivity contribution >= 4 is 21.5 Å². The molecule has 0 unspecified atom stereocenters. The monoisotopic (exact) mass is 734 g/mol. The van der Waals surface area contributed by atoms with E-state index in [2.05, 4.69) is 152 Å². The first-order valence-electron chi connectivity index (χ1n) is 14.3. The first kappa shape index (κ1) is 37.3. The van der Waals surface area contributed by atoms with Gasteiger partial charge in [-0.25, -0.2) is 12.2 Å². The van der Waals surface area contributed by atoms with Crippen molar-refractivity contribution in [2.24, 2.45) is 0 Å². The summed E-state index contributed by atoms with van der Waals surface area (Å²) in [5.41, 5.74) is 2.49. The fourth-order valence-electron chi connectivity index (χ4n) is 3.77. The summed E-state index contributed by atoms with van der Waals surface area (Å²) in [5, 5.41) is 20.5. The van der Waals surface area contributed by atoms with E-state index in [9.17, 15) is 0 Å². The van der Waals surface area contributed by atoms with E-state index < -0.39 is 0 Å². The molecule has 43 heavy (non-hydrogen) atoms. The summed E-state index contributed by atoms with van der Waals surface area (Å²) in [5.74, 6) is 0. The fraction of sp³-hybridized carbons (Fsp3) is 0.125. The van der Waals surface area contributed by atoms with Gasteiger partial charge in [0.1, 0.15) is 0 Å². The predicted octanol–water partition coefficient (Wildman–Crippen LogP) is 9.71. The quantitative estimate of drug-likeness (QED) is 0.138. The van der Waals surface area contributed by atoms with Gasteiger partial charge in [0.25, 0.3) is 0 Å². The van der Waals surface area contributed by atoms with E-state index in [-0.39, 0.29) is 39.1 Å². The van der Waals surface area contributed by atoms with E-state index in [1.807, 2.05) is 24.3 Å². The van der Waals surface area contributed by atoms with Gasteiger partial charge in [-0.15, -0.1) is 108 Å². The van der Waals surface area contributed by atoms with E-state index in [0.29, 0.717) is 0 Å². The van der Waals surface area contributed by atoms with Crippen molar-refractivity contribution in [3.63, 3.8) is 0 Å². The first-order chi connectivity index (χ1) is 20.7. The van der Waals surface area contributed by atoms with Crippen molar-refractivity contribution in [2.45, 2.75) is 20.3 Å². The van der Waals surface area contributed by atoms with Gasteiger partial charge in [-0.1, -0.05) is 48.5 Å². The van der Waals surface area contributed by atoms with Crippen molar-refractivity contribution in [2.75, 3.05) is 13.2 Å². The molecule has 0 aliphatic heterocycles. The van der Waals surface area contributed by atoms with Crippen LogP contribution in [-0.4, -0.2) is 23.4 Å². The molecule has 1 aliphatic rings. The summed E-state index contributed by atoms with van der Waals surface area (Å²) < 4.78 is 0. The zero-order valence-corrected chi connectivity index (χ0v) is 28.8.